The molecule has 0 saturated carbocycles. The Morgan fingerprint density at radius 2 is 1.84 bits per heavy atom. The molecule has 1 aromatic carbocycles. The van der Waals surface area contributed by atoms with Gasteiger partial charge in [0.25, 0.3) is 6.43 Å². The minimum Gasteiger partial charge on any atom is -0.479 e. The van der Waals surface area contributed by atoms with E-state index in [1.807, 2.05) is 0 Å². The molecule has 0 saturated heterocycles. The van der Waals surface area contributed by atoms with Crippen LogP contribution >= 0.6 is 0 Å². The van der Waals surface area contributed by atoms with Gasteiger partial charge in [-0.15, -0.1) is 13.2 Å². The van der Waals surface area contributed by atoms with E-state index in [1.165, 1.54) is 0 Å². The SMILES string of the molecule is O=C(O)C(O)c1c(OC(F)(F)F)cccc1C(F)F. The Morgan fingerprint density at radius 1 is 1.26 bits per heavy atom. The monoisotopic (exact) mass is 286 g/mol. The van der Waals surface area contributed by atoms with Crippen molar-refractivity contribution in [2.24, 2.45) is 0 Å². The van der Waals surface area contributed by atoms with E-state index in [-0.39, 0.29) is 0 Å². The summed E-state index contributed by atoms with van der Waals surface area (Å²) in [6.45, 7) is 0. The fourth-order valence-electron chi connectivity index (χ4n) is 1.38. The third-order valence-corrected chi connectivity index (χ3v) is 2.07. The van der Waals surface area contributed by atoms with Crippen LogP contribution in [0.3, 0.4) is 0 Å². The second kappa shape index (κ2) is 5.39. The van der Waals surface area contributed by atoms with E-state index in [0.717, 1.165) is 6.07 Å². The van der Waals surface area contributed by atoms with E-state index in [1.54, 1.807) is 0 Å². The first-order valence-corrected chi connectivity index (χ1v) is 4.71. The number of aliphatic hydroxyl groups is 1. The zero-order valence-corrected chi connectivity index (χ0v) is 8.99. The highest BCUT2D eigenvalue weighted by Crippen LogP contribution is 2.37. The van der Waals surface area contributed by atoms with Crippen LogP contribution < -0.4 is 4.74 Å². The lowest BCUT2D eigenvalue weighted by molar-refractivity contribution is -0.275. The molecule has 19 heavy (non-hydrogen) atoms. The normalized spacial score (nSPS) is 13.4. The number of hydrogen-bond donors (Lipinski definition) is 2. The zero-order valence-electron chi connectivity index (χ0n) is 8.99. The topological polar surface area (TPSA) is 66.8 Å². The standard InChI is InChI=1S/C10H7F5O4/c11-8(12)4-2-1-3-5(19-10(13,14)15)6(4)7(16)9(17)18/h1-3,7-8,16H,(H,17,18). The van der Waals surface area contributed by atoms with Crippen molar-refractivity contribution in [3.05, 3.63) is 29.3 Å². The summed E-state index contributed by atoms with van der Waals surface area (Å²) in [4.78, 5) is 10.6. The molecule has 0 aromatic heterocycles. The molecule has 0 aliphatic rings. The van der Waals surface area contributed by atoms with Gasteiger partial charge in [-0.25, -0.2) is 13.6 Å². The number of aliphatic carboxylic acids is 1. The highest BCUT2D eigenvalue weighted by Gasteiger charge is 2.35. The van der Waals surface area contributed by atoms with Crippen LogP contribution in [0.2, 0.25) is 0 Å². The smallest absolute Gasteiger partial charge is 0.479 e. The summed E-state index contributed by atoms with van der Waals surface area (Å²) < 4.78 is 64.9. The first-order chi connectivity index (χ1) is 8.63. The fourth-order valence-corrected chi connectivity index (χ4v) is 1.38. The molecule has 2 N–H and O–H groups in total. The Kier molecular flexibility index (Phi) is 4.30. The predicted octanol–water partition coefficient (Wildman–Crippen LogP) is 2.64. The first-order valence-electron chi connectivity index (χ1n) is 4.71. The minimum absolute atomic E-state index is 0.640. The fraction of sp³-hybridized carbons (Fsp3) is 0.300. The Morgan fingerprint density at radius 3 is 2.26 bits per heavy atom. The summed E-state index contributed by atoms with van der Waals surface area (Å²) in [6, 6.07) is 2.18. The highest BCUT2D eigenvalue weighted by atomic mass is 19.4. The van der Waals surface area contributed by atoms with Crippen molar-refractivity contribution in [1.29, 1.82) is 0 Å². The number of hydrogen-bond acceptors (Lipinski definition) is 3. The number of halogens is 5. The summed E-state index contributed by atoms with van der Waals surface area (Å²) in [7, 11) is 0. The van der Waals surface area contributed by atoms with Gasteiger partial charge in [0.05, 0.1) is 0 Å². The van der Waals surface area contributed by atoms with Gasteiger partial charge < -0.3 is 14.9 Å². The quantitative estimate of drug-likeness (QED) is 0.835. The Hall–Kier alpha value is -1.90. The second-order valence-electron chi connectivity index (χ2n) is 3.35. The molecule has 0 bridgehead atoms. The summed E-state index contributed by atoms with van der Waals surface area (Å²) in [5.74, 6) is -3.15. The summed E-state index contributed by atoms with van der Waals surface area (Å²) in [5, 5.41) is 17.8. The molecule has 0 heterocycles. The van der Waals surface area contributed by atoms with Crippen LogP contribution in [0.15, 0.2) is 18.2 Å². The molecular formula is C10H7F5O4. The van der Waals surface area contributed by atoms with E-state index in [0.29, 0.717) is 12.1 Å². The molecule has 9 heteroatoms. The van der Waals surface area contributed by atoms with Gasteiger partial charge in [-0.2, -0.15) is 0 Å². The third kappa shape index (κ3) is 3.78. The number of benzene rings is 1. The molecule has 0 amide bonds. The molecule has 1 aromatic rings. The van der Waals surface area contributed by atoms with Crippen LogP contribution in [0.25, 0.3) is 0 Å². The van der Waals surface area contributed by atoms with Crippen molar-refractivity contribution in [1.82, 2.24) is 0 Å². The summed E-state index contributed by atoms with van der Waals surface area (Å²) in [5.41, 5.74) is -2.17. The highest BCUT2D eigenvalue weighted by molar-refractivity contribution is 5.76. The molecule has 0 fully saturated rings. The van der Waals surface area contributed by atoms with Crippen LogP contribution in [0.1, 0.15) is 23.7 Å². The number of carboxylic acid groups (broad SMARTS) is 1. The number of rotatable bonds is 4. The Labute approximate surface area is 103 Å². The van der Waals surface area contributed by atoms with Gasteiger partial charge >= 0.3 is 12.3 Å². The van der Waals surface area contributed by atoms with E-state index >= 15 is 0 Å². The van der Waals surface area contributed by atoms with Gasteiger partial charge in [0.1, 0.15) is 5.75 Å². The Balaban J connectivity index is 3.38. The van der Waals surface area contributed by atoms with Crippen LogP contribution in [-0.2, 0) is 4.79 Å². The number of alkyl halides is 5. The molecule has 4 nitrogen and oxygen atoms in total. The van der Waals surface area contributed by atoms with E-state index < -0.39 is 41.7 Å². The van der Waals surface area contributed by atoms with Crippen molar-refractivity contribution in [3.8, 4) is 5.75 Å². The van der Waals surface area contributed by atoms with Gasteiger partial charge in [-0.3, -0.25) is 0 Å². The molecular weight excluding hydrogens is 279 g/mol. The molecule has 1 atom stereocenters. The van der Waals surface area contributed by atoms with Crippen molar-refractivity contribution in [3.63, 3.8) is 0 Å². The Bertz CT molecular complexity index is 471. The largest absolute Gasteiger partial charge is 0.573 e. The van der Waals surface area contributed by atoms with Gasteiger partial charge in [-0.1, -0.05) is 12.1 Å². The lowest BCUT2D eigenvalue weighted by atomic mass is 10.0. The van der Waals surface area contributed by atoms with E-state index in [4.69, 9.17) is 5.11 Å². The maximum absolute atomic E-state index is 12.6. The molecule has 0 aliphatic carbocycles. The van der Waals surface area contributed by atoms with Crippen LogP contribution in [0.5, 0.6) is 5.75 Å². The average Bonchev–Trinajstić information content (AvgIpc) is 2.25. The van der Waals surface area contributed by atoms with Gasteiger partial charge in [-0.05, 0) is 6.07 Å². The van der Waals surface area contributed by atoms with Crippen LogP contribution in [0, 0.1) is 0 Å². The maximum Gasteiger partial charge on any atom is 0.573 e. The minimum atomic E-state index is -5.20. The van der Waals surface area contributed by atoms with Gasteiger partial charge in [0, 0.05) is 11.1 Å². The van der Waals surface area contributed by atoms with Crippen molar-refractivity contribution >= 4 is 5.97 Å². The summed E-state index contributed by atoms with van der Waals surface area (Å²) >= 11 is 0. The average molecular weight is 286 g/mol. The van der Waals surface area contributed by atoms with E-state index in [2.05, 4.69) is 4.74 Å². The first kappa shape index (κ1) is 15.2. The van der Waals surface area contributed by atoms with Crippen LogP contribution in [0.4, 0.5) is 22.0 Å². The maximum atomic E-state index is 12.6. The van der Waals surface area contributed by atoms with Crippen LogP contribution in [-0.4, -0.2) is 22.5 Å². The molecule has 0 aliphatic heterocycles. The summed E-state index contributed by atoms with van der Waals surface area (Å²) in [6.07, 6.45) is -11.0. The number of ether oxygens (including phenoxy) is 1. The lowest BCUT2D eigenvalue weighted by Gasteiger charge is -2.18. The number of aliphatic hydroxyl groups excluding tert-OH is 1. The van der Waals surface area contributed by atoms with Crippen molar-refractivity contribution in [2.75, 3.05) is 0 Å². The zero-order chi connectivity index (χ0) is 14.8. The number of carbonyl (C=O) groups is 1. The molecule has 1 unspecified atom stereocenters. The molecule has 106 valence electrons. The predicted molar refractivity (Wildman–Crippen MR) is 50.7 cm³/mol. The van der Waals surface area contributed by atoms with Crippen molar-refractivity contribution in [2.45, 2.75) is 18.9 Å². The number of carboxylic acids is 1. The van der Waals surface area contributed by atoms with Gasteiger partial charge in [0.2, 0.25) is 0 Å². The molecule has 0 radical (unpaired) electrons. The second-order valence-corrected chi connectivity index (χ2v) is 3.35. The van der Waals surface area contributed by atoms with Gasteiger partial charge in [0.15, 0.2) is 6.10 Å². The third-order valence-electron chi connectivity index (χ3n) is 2.07. The lowest BCUT2D eigenvalue weighted by Crippen LogP contribution is -2.21. The van der Waals surface area contributed by atoms with E-state index in [9.17, 15) is 31.9 Å². The molecule has 1 rings (SSSR count). The van der Waals surface area contributed by atoms with Crippen molar-refractivity contribution < 1.29 is 41.7 Å². The molecule has 0 spiro atoms.